The first kappa shape index (κ1) is 14.8. The van der Waals surface area contributed by atoms with Crippen LogP contribution in [0, 0.1) is 0 Å². The van der Waals surface area contributed by atoms with Gasteiger partial charge in [0.25, 0.3) is 0 Å². The predicted octanol–water partition coefficient (Wildman–Crippen LogP) is 6.01. The molecule has 24 heavy (non-hydrogen) atoms. The molecule has 0 saturated heterocycles. The molecule has 0 aliphatic heterocycles. The summed E-state index contributed by atoms with van der Waals surface area (Å²) in [6.45, 7) is 2.32. The highest BCUT2D eigenvalue weighted by molar-refractivity contribution is 5.80. The third-order valence-electron chi connectivity index (χ3n) is 4.88. The van der Waals surface area contributed by atoms with E-state index in [0.29, 0.717) is 0 Å². The average Bonchev–Trinajstić information content (AvgIpc) is 3.33. The molecule has 1 atom stereocenters. The fraction of sp³-hybridized carbons (Fsp3) is 0.125. The second-order valence-electron chi connectivity index (χ2n) is 6.59. The van der Waals surface area contributed by atoms with Crippen LogP contribution in [0.3, 0.4) is 0 Å². The quantitative estimate of drug-likeness (QED) is 0.520. The first-order valence-corrected chi connectivity index (χ1v) is 8.44. The molecule has 1 fully saturated rings. The number of benzene rings is 3. The van der Waals surface area contributed by atoms with E-state index in [1.807, 2.05) is 0 Å². The summed E-state index contributed by atoms with van der Waals surface area (Å²) in [7, 11) is 0. The minimum Gasteiger partial charge on any atom is -0.112 e. The summed E-state index contributed by atoms with van der Waals surface area (Å²) in [5.74, 6) is 0. The molecular weight excluding hydrogens is 288 g/mol. The monoisotopic (exact) mass is 308 g/mol. The lowest BCUT2D eigenvalue weighted by Crippen LogP contribution is -1.99. The van der Waals surface area contributed by atoms with Crippen molar-refractivity contribution in [2.75, 3.05) is 0 Å². The fourth-order valence-electron chi connectivity index (χ4n) is 3.25. The number of hydrogen-bond acceptors (Lipinski definition) is 0. The second kappa shape index (κ2) is 6.00. The summed E-state index contributed by atoms with van der Waals surface area (Å²) in [6, 6.07) is 31.9. The Balaban J connectivity index is 1.85. The minimum atomic E-state index is 0.135. The van der Waals surface area contributed by atoms with Crippen LogP contribution < -0.4 is 0 Å². The zero-order chi connectivity index (χ0) is 16.4. The average molecular weight is 308 g/mol. The van der Waals surface area contributed by atoms with Gasteiger partial charge in [0, 0.05) is 11.0 Å². The Bertz CT molecular complexity index is 857. The maximum absolute atomic E-state index is 3.75. The van der Waals surface area contributed by atoms with Gasteiger partial charge in [-0.3, -0.25) is 0 Å². The summed E-state index contributed by atoms with van der Waals surface area (Å²) >= 11 is 0. The topological polar surface area (TPSA) is 0 Å². The second-order valence-corrected chi connectivity index (χ2v) is 6.59. The summed E-state index contributed by atoms with van der Waals surface area (Å²) < 4.78 is 0. The van der Waals surface area contributed by atoms with E-state index in [-0.39, 0.29) is 5.41 Å². The van der Waals surface area contributed by atoms with E-state index in [9.17, 15) is 0 Å². The molecule has 0 N–H and O–H groups in total. The van der Waals surface area contributed by atoms with Gasteiger partial charge in [-0.15, -0.1) is 5.73 Å². The molecule has 3 aromatic rings. The van der Waals surface area contributed by atoms with Crippen LogP contribution in [0.1, 0.15) is 30.0 Å². The molecule has 0 heteroatoms. The van der Waals surface area contributed by atoms with Crippen molar-refractivity contribution in [1.82, 2.24) is 0 Å². The van der Waals surface area contributed by atoms with E-state index >= 15 is 0 Å². The third-order valence-corrected chi connectivity index (χ3v) is 4.88. The fourth-order valence-corrected chi connectivity index (χ4v) is 3.25. The van der Waals surface area contributed by atoms with E-state index in [0.717, 1.165) is 6.42 Å². The molecule has 0 amide bonds. The zero-order valence-electron chi connectivity index (χ0n) is 13.9. The van der Waals surface area contributed by atoms with Crippen LogP contribution in [-0.4, -0.2) is 0 Å². The lowest BCUT2D eigenvalue weighted by atomic mass is 9.95. The van der Waals surface area contributed by atoms with Gasteiger partial charge in [0.15, 0.2) is 0 Å². The van der Waals surface area contributed by atoms with Crippen molar-refractivity contribution in [2.24, 2.45) is 0 Å². The number of allylic oxidation sites excluding steroid dienone is 1. The molecule has 4 rings (SSSR count). The molecule has 1 saturated carbocycles. The Morgan fingerprint density at radius 1 is 0.708 bits per heavy atom. The van der Waals surface area contributed by atoms with Gasteiger partial charge in [-0.05, 0) is 28.7 Å². The van der Waals surface area contributed by atoms with E-state index in [2.05, 4.69) is 104 Å². The van der Waals surface area contributed by atoms with E-state index in [1.165, 1.54) is 27.8 Å². The van der Waals surface area contributed by atoms with Gasteiger partial charge < -0.3 is 0 Å². The predicted molar refractivity (Wildman–Crippen MR) is 101 cm³/mol. The van der Waals surface area contributed by atoms with Crippen LogP contribution in [0.15, 0.2) is 102 Å². The van der Waals surface area contributed by atoms with E-state index in [4.69, 9.17) is 0 Å². The molecule has 116 valence electrons. The van der Waals surface area contributed by atoms with Crippen LogP contribution in [0.25, 0.3) is 5.57 Å². The lowest BCUT2D eigenvalue weighted by molar-refractivity contribution is 0.821. The molecule has 0 heterocycles. The van der Waals surface area contributed by atoms with Gasteiger partial charge in [0.05, 0.1) is 0 Å². The van der Waals surface area contributed by atoms with Crippen molar-refractivity contribution in [3.05, 3.63) is 119 Å². The molecule has 1 aliphatic carbocycles. The minimum absolute atomic E-state index is 0.135. The Hall–Kier alpha value is -2.82. The molecule has 0 nitrogen and oxygen atoms in total. The third kappa shape index (κ3) is 2.73. The summed E-state index contributed by atoms with van der Waals surface area (Å²) in [5.41, 5.74) is 10.3. The molecular formula is C24H20. The van der Waals surface area contributed by atoms with Gasteiger partial charge in [0.1, 0.15) is 0 Å². The lowest BCUT2D eigenvalue weighted by Gasteiger charge is -2.08. The largest absolute Gasteiger partial charge is 0.112 e. The standard InChI is InChI=1S/C24H20/c1-24(21-15-9-4-10-16-21)18-22(24)17-23(19-11-5-2-6-12-19)20-13-7-3-8-14-20/h2-16H,18H2,1H3. The van der Waals surface area contributed by atoms with Crippen molar-refractivity contribution in [3.8, 4) is 0 Å². The van der Waals surface area contributed by atoms with Gasteiger partial charge in [0.2, 0.25) is 0 Å². The van der Waals surface area contributed by atoms with Gasteiger partial charge in [-0.25, -0.2) is 0 Å². The Kier molecular flexibility index (Phi) is 3.69. The molecule has 0 spiro atoms. The van der Waals surface area contributed by atoms with Crippen molar-refractivity contribution >= 4 is 5.57 Å². The Morgan fingerprint density at radius 3 is 1.67 bits per heavy atom. The summed E-state index contributed by atoms with van der Waals surface area (Å²) in [4.78, 5) is 0. The van der Waals surface area contributed by atoms with E-state index < -0.39 is 0 Å². The molecule has 1 unspecified atom stereocenters. The van der Waals surface area contributed by atoms with Crippen LogP contribution in [0.5, 0.6) is 0 Å². The molecule has 1 aliphatic rings. The van der Waals surface area contributed by atoms with Crippen molar-refractivity contribution in [1.29, 1.82) is 0 Å². The number of rotatable bonds is 3. The highest BCUT2D eigenvalue weighted by Crippen LogP contribution is 2.53. The zero-order valence-corrected chi connectivity index (χ0v) is 13.9. The molecule has 0 bridgehead atoms. The number of hydrogen-bond donors (Lipinski definition) is 0. The molecule has 0 aromatic heterocycles. The summed E-state index contributed by atoms with van der Waals surface area (Å²) in [5, 5.41) is 0. The maximum atomic E-state index is 3.75. The summed E-state index contributed by atoms with van der Waals surface area (Å²) in [6.07, 6.45) is 1.08. The first-order chi connectivity index (χ1) is 11.8. The van der Waals surface area contributed by atoms with Crippen molar-refractivity contribution < 1.29 is 0 Å². The Labute approximate surface area is 143 Å². The van der Waals surface area contributed by atoms with Crippen molar-refractivity contribution in [3.63, 3.8) is 0 Å². The highest BCUT2D eigenvalue weighted by Gasteiger charge is 2.45. The normalized spacial score (nSPS) is 18.8. The highest BCUT2D eigenvalue weighted by atomic mass is 14.5. The van der Waals surface area contributed by atoms with Gasteiger partial charge >= 0.3 is 0 Å². The maximum Gasteiger partial charge on any atom is 0.0309 e. The van der Waals surface area contributed by atoms with Crippen molar-refractivity contribution in [2.45, 2.75) is 18.8 Å². The molecule has 3 aromatic carbocycles. The van der Waals surface area contributed by atoms with Crippen LogP contribution in [-0.2, 0) is 5.41 Å². The molecule has 0 radical (unpaired) electrons. The SMILES string of the molecule is CC1(c2ccccc2)CC1=C=C(c1ccccc1)c1ccccc1. The van der Waals surface area contributed by atoms with Crippen LogP contribution >= 0.6 is 0 Å². The van der Waals surface area contributed by atoms with Gasteiger partial charge in [-0.1, -0.05) is 97.9 Å². The smallest absolute Gasteiger partial charge is 0.0309 e. The van der Waals surface area contributed by atoms with Crippen LogP contribution in [0.2, 0.25) is 0 Å². The Morgan fingerprint density at radius 2 is 1.17 bits per heavy atom. The van der Waals surface area contributed by atoms with Crippen LogP contribution in [0.4, 0.5) is 0 Å². The first-order valence-electron chi connectivity index (χ1n) is 8.44. The van der Waals surface area contributed by atoms with E-state index in [1.54, 1.807) is 0 Å². The van der Waals surface area contributed by atoms with Gasteiger partial charge in [-0.2, -0.15) is 0 Å².